The van der Waals surface area contributed by atoms with Crippen molar-refractivity contribution < 1.29 is 13.2 Å². The highest BCUT2D eigenvalue weighted by molar-refractivity contribution is 14.0. The Hall–Kier alpha value is -1.89. The summed E-state index contributed by atoms with van der Waals surface area (Å²) in [6, 6.07) is 5.62. The maximum atomic E-state index is 12.7. The molecule has 2 N–H and O–H groups in total. The number of nitrogens with zero attached hydrogens (tertiary/aromatic N) is 5. The molecule has 0 aliphatic carbocycles. The molecule has 2 aromatic rings. The molecule has 0 bridgehead atoms. The molecule has 0 radical (unpaired) electrons. The molecule has 1 aliphatic heterocycles. The summed E-state index contributed by atoms with van der Waals surface area (Å²) < 4.78 is 40.1. The number of benzene rings is 1. The van der Waals surface area contributed by atoms with Crippen LogP contribution in [0.2, 0.25) is 0 Å². The lowest BCUT2D eigenvalue weighted by Gasteiger charge is -2.19. The fourth-order valence-electron chi connectivity index (χ4n) is 3.48. The summed E-state index contributed by atoms with van der Waals surface area (Å²) in [5.41, 5.74) is 0.265. The summed E-state index contributed by atoms with van der Waals surface area (Å²) in [6.07, 6.45) is -1.66. The molecule has 0 spiro atoms. The van der Waals surface area contributed by atoms with Crippen LogP contribution in [-0.2, 0) is 25.8 Å². The van der Waals surface area contributed by atoms with Crippen LogP contribution in [0.1, 0.15) is 37.2 Å². The average molecular weight is 551 g/mol. The van der Waals surface area contributed by atoms with Gasteiger partial charge in [-0.3, -0.25) is 4.90 Å². The molecule has 0 amide bonds. The number of aryl methyl sites for hydroxylation is 1. The molecule has 3 rings (SSSR count). The Morgan fingerprint density at radius 1 is 1.23 bits per heavy atom. The Morgan fingerprint density at radius 2 is 1.97 bits per heavy atom. The monoisotopic (exact) mass is 551 g/mol. The molecule has 1 aromatic carbocycles. The van der Waals surface area contributed by atoms with Crippen molar-refractivity contribution in [2.75, 3.05) is 19.6 Å². The van der Waals surface area contributed by atoms with E-state index in [0.29, 0.717) is 13.1 Å². The van der Waals surface area contributed by atoms with Gasteiger partial charge in [-0.15, -0.1) is 34.2 Å². The zero-order valence-corrected chi connectivity index (χ0v) is 20.0. The number of aliphatic imine (C=N–C) groups is 1. The lowest BCUT2D eigenvalue weighted by molar-refractivity contribution is -0.137. The van der Waals surface area contributed by atoms with Crippen LogP contribution >= 0.6 is 24.0 Å². The van der Waals surface area contributed by atoms with Gasteiger partial charge in [0.1, 0.15) is 12.9 Å². The van der Waals surface area contributed by atoms with Crippen molar-refractivity contribution in [3.05, 3.63) is 47.5 Å². The number of aromatic nitrogens is 3. The fourth-order valence-corrected chi connectivity index (χ4v) is 3.48. The number of nitrogens with one attached hydrogen (secondary N) is 2. The second-order valence-electron chi connectivity index (χ2n) is 7.29. The molecule has 7 nitrogen and oxygen atoms in total. The van der Waals surface area contributed by atoms with Crippen LogP contribution in [0.25, 0.3) is 0 Å². The minimum Gasteiger partial charge on any atom is -0.357 e. The summed E-state index contributed by atoms with van der Waals surface area (Å²) in [4.78, 5) is 6.85. The van der Waals surface area contributed by atoms with Gasteiger partial charge in [0.2, 0.25) is 0 Å². The van der Waals surface area contributed by atoms with Gasteiger partial charge in [0.25, 0.3) is 0 Å². The molecule has 11 heteroatoms. The first-order valence-corrected chi connectivity index (χ1v) is 10.2. The number of likely N-dealkylation sites (tertiary alicyclic amines) is 1. The number of hydrogen-bond acceptors (Lipinski definition) is 4. The van der Waals surface area contributed by atoms with Crippen LogP contribution in [0.4, 0.5) is 13.2 Å². The van der Waals surface area contributed by atoms with Crippen molar-refractivity contribution >= 4 is 29.9 Å². The van der Waals surface area contributed by atoms with Crippen molar-refractivity contribution in [1.82, 2.24) is 30.3 Å². The molecule has 0 saturated carbocycles. The standard InChI is InChI=1S/C20H28F3N7.HI/c1-3-24-19(25-11-18-28-26-14-30(18)4-2)27-17-9-10-29(13-17)12-15-5-7-16(8-6-15)20(21,22)23;/h5-8,14,17H,3-4,9-13H2,1-2H3,(H2,24,25,27);1H. The van der Waals surface area contributed by atoms with Crippen molar-refractivity contribution in [2.45, 2.75) is 52.1 Å². The third-order valence-electron chi connectivity index (χ3n) is 5.06. The van der Waals surface area contributed by atoms with E-state index in [0.717, 1.165) is 62.1 Å². The number of rotatable bonds is 7. The fraction of sp³-hybridized carbons (Fsp3) is 0.550. The topological polar surface area (TPSA) is 70.4 Å². The highest BCUT2D eigenvalue weighted by atomic mass is 127. The van der Waals surface area contributed by atoms with Gasteiger partial charge in [-0.05, 0) is 38.0 Å². The van der Waals surface area contributed by atoms with Crippen molar-refractivity contribution in [1.29, 1.82) is 0 Å². The molecule has 2 heterocycles. The van der Waals surface area contributed by atoms with E-state index in [2.05, 4.69) is 30.7 Å². The predicted octanol–water partition coefficient (Wildman–Crippen LogP) is 3.26. The second-order valence-corrected chi connectivity index (χ2v) is 7.29. The molecule has 1 unspecified atom stereocenters. The molecule has 1 saturated heterocycles. The third-order valence-corrected chi connectivity index (χ3v) is 5.06. The maximum Gasteiger partial charge on any atom is 0.416 e. The van der Waals surface area contributed by atoms with Gasteiger partial charge in [0, 0.05) is 38.8 Å². The van der Waals surface area contributed by atoms with E-state index in [9.17, 15) is 13.2 Å². The van der Waals surface area contributed by atoms with Gasteiger partial charge in [-0.25, -0.2) is 4.99 Å². The zero-order valence-electron chi connectivity index (χ0n) is 17.7. The Kier molecular flexibility index (Phi) is 9.54. The average Bonchev–Trinajstić information content (AvgIpc) is 3.35. The highest BCUT2D eigenvalue weighted by Crippen LogP contribution is 2.29. The molecule has 1 fully saturated rings. The van der Waals surface area contributed by atoms with Crippen LogP contribution in [0, 0.1) is 0 Å². The minimum absolute atomic E-state index is 0. The molecule has 1 aromatic heterocycles. The Morgan fingerprint density at radius 3 is 2.61 bits per heavy atom. The molecule has 1 aliphatic rings. The quantitative estimate of drug-likeness (QED) is 0.314. The third kappa shape index (κ3) is 7.34. The molecular formula is C20H29F3IN7. The van der Waals surface area contributed by atoms with Crippen LogP contribution in [0.5, 0.6) is 0 Å². The normalized spacial score (nSPS) is 17.5. The zero-order chi connectivity index (χ0) is 21.6. The van der Waals surface area contributed by atoms with E-state index in [1.165, 1.54) is 0 Å². The van der Waals surface area contributed by atoms with Crippen LogP contribution in [0.3, 0.4) is 0 Å². The van der Waals surface area contributed by atoms with Crippen molar-refractivity contribution in [3.8, 4) is 0 Å². The lowest BCUT2D eigenvalue weighted by Crippen LogP contribution is -2.44. The van der Waals surface area contributed by atoms with Gasteiger partial charge in [-0.2, -0.15) is 13.2 Å². The maximum absolute atomic E-state index is 12.7. The number of halogens is 4. The van der Waals surface area contributed by atoms with Gasteiger partial charge >= 0.3 is 6.18 Å². The van der Waals surface area contributed by atoms with Gasteiger partial charge < -0.3 is 15.2 Å². The first-order valence-electron chi connectivity index (χ1n) is 10.2. The van der Waals surface area contributed by atoms with Crippen LogP contribution in [0.15, 0.2) is 35.6 Å². The first kappa shape index (κ1) is 25.4. The number of hydrogen-bond donors (Lipinski definition) is 2. The molecule has 172 valence electrons. The Balaban J connectivity index is 0.00000341. The Labute approximate surface area is 197 Å². The highest BCUT2D eigenvalue weighted by Gasteiger charge is 2.30. The van der Waals surface area contributed by atoms with Crippen LogP contribution in [-0.4, -0.2) is 51.3 Å². The summed E-state index contributed by atoms with van der Waals surface area (Å²) in [5, 5.41) is 14.7. The van der Waals surface area contributed by atoms with Gasteiger partial charge in [0.05, 0.1) is 5.56 Å². The largest absolute Gasteiger partial charge is 0.416 e. The second kappa shape index (κ2) is 11.7. The smallest absolute Gasteiger partial charge is 0.357 e. The summed E-state index contributed by atoms with van der Waals surface area (Å²) >= 11 is 0. The summed E-state index contributed by atoms with van der Waals surface area (Å²) in [6.45, 7) is 8.33. The van der Waals surface area contributed by atoms with E-state index in [1.54, 1.807) is 18.5 Å². The minimum atomic E-state index is -4.30. The van der Waals surface area contributed by atoms with Gasteiger partial charge in [0.15, 0.2) is 11.8 Å². The molecule has 1 atom stereocenters. The summed E-state index contributed by atoms with van der Waals surface area (Å²) in [7, 11) is 0. The number of guanidine groups is 1. The predicted molar refractivity (Wildman–Crippen MR) is 124 cm³/mol. The van der Waals surface area contributed by atoms with E-state index < -0.39 is 11.7 Å². The first-order chi connectivity index (χ1) is 14.4. The summed E-state index contributed by atoms with van der Waals surface area (Å²) in [5.74, 6) is 1.54. The van der Waals surface area contributed by atoms with Crippen LogP contribution < -0.4 is 10.6 Å². The van der Waals surface area contributed by atoms with E-state index in [1.807, 2.05) is 18.4 Å². The lowest BCUT2D eigenvalue weighted by atomic mass is 10.1. The molecule has 31 heavy (non-hydrogen) atoms. The Bertz CT molecular complexity index is 836. The SMILES string of the molecule is CCNC(=NCc1nncn1CC)NC1CCN(Cc2ccc(C(F)(F)F)cc2)C1.I. The van der Waals surface area contributed by atoms with Crippen molar-refractivity contribution in [2.24, 2.45) is 4.99 Å². The van der Waals surface area contributed by atoms with E-state index >= 15 is 0 Å². The van der Waals surface area contributed by atoms with Gasteiger partial charge in [-0.1, -0.05) is 12.1 Å². The van der Waals surface area contributed by atoms with E-state index in [4.69, 9.17) is 0 Å². The molecular weight excluding hydrogens is 522 g/mol. The van der Waals surface area contributed by atoms with E-state index in [-0.39, 0.29) is 30.0 Å². The number of alkyl halides is 3. The van der Waals surface area contributed by atoms with Crippen molar-refractivity contribution in [3.63, 3.8) is 0 Å².